The van der Waals surface area contributed by atoms with E-state index in [-0.39, 0.29) is 0 Å². The molecular weight excluding hydrogens is 574 g/mol. The van der Waals surface area contributed by atoms with Crippen molar-refractivity contribution in [2.45, 2.75) is 0 Å². The summed E-state index contributed by atoms with van der Waals surface area (Å²) in [4.78, 5) is 0. The zero-order valence-electron chi connectivity index (χ0n) is 15.2. The van der Waals surface area contributed by atoms with Crippen molar-refractivity contribution in [2.24, 2.45) is 0 Å². The van der Waals surface area contributed by atoms with Crippen LogP contribution in [0.4, 0.5) is 0 Å². The van der Waals surface area contributed by atoms with Gasteiger partial charge in [0.2, 0.25) is 0 Å². The molecule has 0 bridgehead atoms. The van der Waals surface area contributed by atoms with Crippen molar-refractivity contribution >= 4 is 39.5 Å². The topological polar surface area (TPSA) is 29.5 Å². The van der Waals surface area contributed by atoms with Crippen LogP contribution in [0.3, 0.4) is 0 Å². The van der Waals surface area contributed by atoms with Gasteiger partial charge in [0.1, 0.15) is 0 Å². The van der Waals surface area contributed by atoms with E-state index in [0.29, 0.717) is 0 Å². The third-order valence-corrected chi connectivity index (χ3v) is 18.9. The van der Waals surface area contributed by atoms with Crippen LogP contribution in [0.5, 0.6) is 0 Å². The van der Waals surface area contributed by atoms with Crippen LogP contribution in [-0.2, 0) is 1.40 Å². The van der Waals surface area contributed by atoms with Gasteiger partial charge in [0.15, 0.2) is 0 Å². The zero-order valence-corrected chi connectivity index (χ0v) is 19.5. The molecule has 4 rings (SSSR count). The van der Waals surface area contributed by atoms with Gasteiger partial charge < -0.3 is 0 Å². The third kappa shape index (κ3) is 4.30. The van der Waals surface area contributed by atoms with Crippen LogP contribution in [0.1, 0.15) is 0 Å². The van der Waals surface area contributed by atoms with Crippen molar-refractivity contribution in [2.75, 3.05) is 0 Å². The molecule has 0 fully saturated rings. The second-order valence-electron chi connectivity index (χ2n) is 5.98. The van der Waals surface area contributed by atoms with Gasteiger partial charge in [-0.1, -0.05) is 0 Å². The molecule has 4 aromatic carbocycles. The first-order valence-corrected chi connectivity index (χ1v) is 15.9. The van der Waals surface area contributed by atoms with Crippen LogP contribution in [0.25, 0.3) is 0 Å². The van der Waals surface area contributed by atoms with Gasteiger partial charge in [-0.15, -0.1) is 0 Å². The van der Waals surface area contributed by atoms with E-state index in [9.17, 15) is 3.44 Å². The molecule has 0 atom stereocenters. The average molecular weight is 595 g/mol. The van der Waals surface area contributed by atoms with Crippen LogP contribution < -0.4 is 0 Å². The van der Waals surface area contributed by atoms with Gasteiger partial charge in [0.05, 0.1) is 0 Å². The molecular formula is C24H21I2O2. The Morgan fingerprint density at radius 3 is 1.18 bits per heavy atom. The summed E-state index contributed by atoms with van der Waals surface area (Å²) in [7, 11) is 0. The third-order valence-electron chi connectivity index (χ3n) is 4.06. The summed E-state index contributed by atoms with van der Waals surface area (Å²) >= 11 is -6.21. The summed E-state index contributed by atoms with van der Waals surface area (Å²) < 4.78 is 23.1. The molecule has 0 unspecified atom stereocenters. The van der Waals surface area contributed by atoms with Crippen molar-refractivity contribution in [3.8, 4) is 0 Å². The van der Waals surface area contributed by atoms with E-state index in [4.69, 9.17) is 1.40 Å². The van der Waals surface area contributed by atoms with Crippen LogP contribution in [0, 0.1) is 14.3 Å². The summed E-state index contributed by atoms with van der Waals surface area (Å²) in [6.45, 7) is 0. The number of hydrogen-bond donors (Lipinski definition) is 1. The Kier molecular flexibility index (Phi) is 6.41. The Morgan fingerprint density at radius 2 is 0.821 bits per heavy atom. The Morgan fingerprint density at radius 1 is 0.500 bits per heavy atom. The molecule has 0 saturated heterocycles. The van der Waals surface area contributed by atoms with Gasteiger partial charge in [-0.2, -0.15) is 0 Å². The van der Waals surface area contributed by atoms with Crippen molar-refractivity contribution in [3.05, 3.63) is 136 Å². The van der Waals surface area contributed by atoms with Crippen LogP contribution >= 0.6 is 39.5 Å². The molecule has 28 heavy (non-hydrogen) atoms. The molecule has 4 aromatic rings. The predicted octanol–water partition coefficient (Wildman–Crippen LogP) is 6.77. The van der Waals surface area contributed by atoms with E-state index in [2.05, 4.69) is 24.3 Å². The zero-order chi connectivity index (χ0) is 19.2. The molecule has 0 heterocycles. The van der Waals surface area contributed by atoms with Crippen LogP contribution in [0.15, 0.2) is 121 Å². The number of hydrogen-bond acceptors (Lipinski definition) is 2. The standard InChI is InChI=1S/C24H21I2O2/c27-26(23-17-9-3-10-18-23,24-19-11-4-12-20-24)28-25(21-13-5-1-6-14-21)22-15-7-2-8-16-22/h1-20,27H. The maximum atomic E-state index is 12.0. The summed E-state index contributed by atoms with van der Waals surface area (Å²) in [5.74, 6) is 0. The monoisotopic (exact) mass is 595 g/mol. The van der Waals surface area contributed by atoms with Gasteiger partial charge in [-0.25, -0.2) is 0 Å². The van der Waals surface area contributed by atoms with Gasteiger partial charge >= 0.3 is 180 Å². The molecule has 1 N–H and O–H groups in total. The molecule has 0 aromatic heterocycles. The van der Waals surface area contributed by atoms with Crippen molar-refractivity contribution in [1.29, 1.82) is 0 Å². The van der Waals surface area contributed by atoms with E-state index in [1.807, 2.05) is 97.1 Å². The van der Waals surface area contributed by atoms with Crippen molar-refractivity contribution in [3.63, 3.8) is 0 Å². The number of rotatable bonds is 6. The van der Waals surface area contributed by atoms with Gasteiger partial charge in [0, 0.05) is 0 Å². The Hall–Kier alpha value is -1.74. The van der Waals surface area contributed by atoms with Crippen LogP contribution in [0.2, 0.25) is 0 Å². The molecule has 0 aliphatic carbocycles. The molecule has 143 valence electrons. The predicted molar refractivity (Wildman–Crippen MR) is 132 cm³/mol. The molecule has 2 nitrogen and oxygen atoms in total. The Bertz CT molecular complexity index is 915. The number of halogens is 2. The SMILES string of the molecule is O[I](OI(c1ccccc1)c1ccccc1)(c1ccccc1)c1ccccc1. The fraction of sp³-hybridized carbons (Fsp3) is 0. The number of benzene rings is 4. The van der Waals surface area contributed by atoms with Gasteiger partial charge in [0.25, 0.3) is 0 Å². The normalized spacial score (nSPS) is 12.4. The van der Waals surface area contributed by atoms with E-state index in [0.717, 1.165) is 7.14 Å². The molecule has 0 spiro atoms. The van der Waals surface area contributed by atoms with Gasteiger partial charge in [-0.05, 0) is 0 Å². The summed E-state index contributed by atoms with van der Waals surface area (Å²) in [5, 5.41) is 0. The van der Waals surface area contributed by atoms with E-state index in [1.165, 1.54) is 7.14 Å². The average Bonchev–Trinajstić information content (AvgIpc) is 2.80. The second kappa shape index (κ2) is 9.17. The van der Waals surface area contributed by atoms with Crippen LogP contribution in [-0.4, -0.2) is 3.44 Å². The fourth-order valence-corrected chi connectivity index (χ4v) is 18.7. The van der Waals surface area contributed by atoms with E-state index in [1.54, 1.807) is 0 Å². The Labute approximate surface area is 178 Å². The van der Waals surface area contributed by atoms with E-state index < -0.39 is 39.5 Å². The Balaban J connectivity index is 1.84. The molecule has 0 aliphatic heterocycles. The summed E-state index contributed by atoms with van der Waals surface area (Å²) in [6, 6.07) is 40.5. The first-order valence-electron chi connectivity index (χ1n) is 8.88. The summed E-state index contributed by atoms with van der Waals surface area (Å²) in [6.07, 6.45) is 0. The minimum atomic E-state index is -3.91. The molecule has 0 aliphatic rings. The van der Waals surface area contributed by atoms with E-state index >= 15 is 0 Å². The fourth-order valence-electron chi connectivity index (χ4n) is 2.70. The van der Waals surface area contributed by atoms with Crippen molar-refractivity contribution in [1.82, 2.24) is 0 Å². The maximum absolute atomic E-state index is 12.0. The van der Waals surface area contributed by atoms with Crippen molar-refractivity contribution < 1.29 is 4.83 Å². The molecule has 0 saturated carbocycles. The quantitative estimate of drug-likeness (QED) is 0.250. The van der Waals surface area contributed by atoms with Gasteiger partial charge in [-0.3, -0.25) is 0 Å². The summed E-state index contributed by atoms with van der Waals surface area (Å²) in [5.41, 5.74) is 0. The molecule has 0 amide bonds. The second-order valence-corrected chi connectivity index (χ2v) is 17.7. The molecule has 1 radical (unpaired) electrons. The first kappa shape index (κ1) is 19.6. The molecule has 4 heteroatoms. The first-order chi connectivity index (χ1) is 13.8. The minimum absolute atomic E-state index is 0.912.